The van der Waals surface area contributed by atoms with Crippen LogP contribution in [-0.2, 0) is 13.1 Å². The maximum Gasteiger partial charge on any atom is 0.122 e. The van der Waals surface area contributed by atoms with Crippen LogP contribution >= 0.6 is 0 Å². The molecule has 18 heavy (non-hydrogen) atoms. The molecule has 0 spiro atoms. The first-order chi connectivity index (χ1) is 8.70. The van der Waals surface area contributed by atoms with Crippen LogP contribution in [0.4, 0.5) is 0 Å². The molecule has 1 aromatic rings. The quantitative estimate of drug-likeness (QED) is 0.719. The van der Waals surface area contributed by atoms with E-state index in [4.69, 9.17) is 4.42 Å². The Morgan fingerprint density at radius 1 is 1.50 bits per heavy atom. The second-order valence-corrected chi connectivity index (χ2v) is 5.72. The summed E-state index contributed by atoms with van der Waals surface area (Å²) in [6.45, 7) is 8.65. The molecule has 1 aliphatic carbocycles. The number of hydrogen-bond acceptors (Lipinski definition) is 3. The second-order valence-electron chi connectivity index (χ2n) is 5.72. The van der Waals surface area contributed by atoms with Gasteiger partial charge < -0.3 is 9.73 Å². The predicted molar refractivity (Wildman–Crippen MR) is 74.3 cm³/mol. The van der Waals surface area contributed by atoms with Gasteiger partial charge in [-0.2, -0.15) is 0 Å². The van der Waals surface area contributed by atoms with Crippen LogP contribution in [0.15, 0.2) is 16.7 Å². The van der Waals surface area contributed by atoms with Gasteiger partial charge in [-0.3, -0.25) is 4.90 Å². The van der Waals surface area contributed by atoms with Gasteiger partial charge in [0.15, 0.2) is 0 Å². The van der Waals surface area contributed by atoms with Crippen molar-refractivity contribution >= 4 is 0 Å². The zero-order valence-corrected chi connectivity index (χ0v) is 11.9. The summed E-state index contributed by atoms with van der Waals surface area (Å²) in [6, 6.07) is 2.09. The van der Waals surface area contributed by atoms with Crippen molar-refractivity contribution in [3.63, 3.8) is 0 Å². The fourth-order valence-corrected chi connectivity index (χ4v) is 2.43. The van der Waals surface area contributed by atoms with Crippen molar-refractivity contribution in [2.24, 2.45) is 11.8 Å². The monoisotopic (exact) mass is 250 g/mol. The summed E-state index contributed by atoms with van der Waals surface area (Å²) in [5.41, 5.74) is 1.30. The van der Waals surface area contributed by atoms with Gasteiger partial charge in [0.25, 0.3) is 0 Å². The largest absolute Gasteiger partial charge is 0.468 e. The summed E-state index contributed by atoms with van der Waals surface area (Å²) in [5, 5.41) is 3.43. The van der Waals surface area contributed by atoms with Gasteiger partial charge in [0.1, 0.15) is 5.76 Å². The first-order valence-electron chi connectivity index (χ1n) is 7.15. The fourth-order valence-electron chi connectivity index (χ4n) is 2.43. The normalized spacial score (nSPS) is 22.7. The Labute approximate surface area is 111 Å². The molecule has 0 radical (unpaired) electrons. The summed E-state index contributed by atoms with van der Waals surface area (Å²) in [6.07, 6.45) is 4.38. The Morgan fingerprint density at radius 2 is 2.28 bits per heavy atom. The summed E-state index contributed by atoms with van der Waals surface area (Å²) >= 11 is 0. The van der Waals surface area contributed by atoms with Gasteiger partial charge >= 0.3 is 0 Å². The van der Waals surface area contributed by atoms with E-state index < -0.39 is 0 Å². The van der Waals surface area contributed by atoms with Crippen molar-refractivity contribution in [2.45, 2.75) is 39.8 Å². The van der Waals surface area contributed by atoms with Crippen LogP contribution in [0.2, 0.25) is 0 Å². The molecule has 0 aliphatic heterocycles. The molecule has 0 aromatic carbocycles. The first kappa shape index (κ1) is 13.6. The highest BCUT2D eigenvalue weighted by atomic mass is 16.3. The van der Waals surface area contributed by atoms with E-state index >= 15 is 0 Å². The van der Waals surface area contributed by atoms with Gasteiger partial charge in [-0.15, -0.1) is 0 Å². The Kier molecular flexibility index (Phi) is 4.84. The molecule has 0 amide bonds. The lowest BCUT2D eigenvalue weighted by atomic mass is 10.2. The van der Waals surface area contributed by atoms with E-state index in [1.165, 1.54) is 24.9 Å². The molecule has 1 aromatic heterocycles. The molecule has 1 saturated carbocycles. The molecule has 3 nitrogen and oxygen atoms in total. The van der Waals surface area contributed by atoms with E-state index in [9.17, 15) is 0 Å². The van der Waals surface area contributed by atoms with E-state index in [0.717, 1.165) is 37.2 Å². The zero-order chi connectivity index (χ0) is 13.0. The summed E-state index contributed by atoms with van der Waals surface area (Å²) in [7, 11) is 2.19. The minimum absolute atomic E-state index is 0.909. The van der Waals surface area contributed by atoms with Crippen molar-refractivity contribution in [1.82, 2.24) is 10.2 Å². The number of nitrogens with zero attached hydrogens (tertiary/aromatic N) is 1. The lowest BCUT2D eigenvalue weighted by Crippen LogP contribution is -2.22. The van der Waals surface area contributed by atoms with Gasteiger partial charge in [0, 0.05) is 18.7 Å². The summed E-state index contributed by atoms with van der Waals surface area (Å²) in [4.78, 5) is 2.39. The SMILES string of the molecule is CCCNCc1ccoc1CN(C)CC1CC1C. The molecule has 1 fully saturated rings. The Balaban J connectivity index is 1.78. The molecule has 0 bridgehead atoms. The minimum Gasteiger partial charge on any atom is -0.468 e. The Morgan fingerprint density at radius 3 is 2.94 bits per heavy atom. The van der Waals surface area contributed by atoms with Crippen LogP contribution in [0.25, 0.3) is 0 Å². The molecule has 1 N–H and O–H groups in total. The second kappa shape index (κ2) is 6.39. The molecule has 1 aliphatic rings. The number of hydrogen-bond donors (Lipinski definition) is 1. The van der Waals surface area contributed by atoms with Crippen molar-refractivity contribution < 1.29 is 4.42 Å². The lowest BCUT2D eigenvalue weighted by Gasteiger charge is -2.16. The van der Waals surface area contributed by atoms with Gasteiger partial charge in [0.05, 0.1) is 12.8 Å². The van der Waals surface area contributed by atoms with Crippen molar-refractivity contribution in [3.05, 3.63) is 23.7 Å². The highest BCUT2D eigenvalue weighted by Crippen LogP contribution is 2.38. The summed E-state index contributed by atoms with van der Waals surface area (Å²) < 4.78 is 5.61. The molecule has 1 heterocycles. The molecule has 102 valence electrons. The van der Waals surface area contributed by atoms with Crippen molar-refractivity contribution in [1.29, 1.82) is 0 Å². The molecule has 3 heteroatoms. The van der Waals surface area contributed by atoms with E-state index in [0.29, 0.717) is 0 Å². The number of rotatable bonds is 8. The fraction of sp³-hybridized carbons (Fsp3) is 0.733. The molecule has 2 unspecified atom stereocenters. The molecule has 2 atom stereocenters. The molecular formula is C15H26N2O. The van der Waals surface area contributed by atoms with E-state index in [1.54, 1.807) is 0 Å². The van der Waals surface area contributed by atoms with Crippen LogP contribution < -0.4 is 5.32 Å². The topological polar surface area (TPSA) is 28.4 Å². The predicted octanol–water partition coefficient (Wildman–Crippen LogP) is 2.87. The Bertz CT molecular complexity index is 361. The van der Waals surface area contributed by atoms with Crippen molar-refractivity contribution in [2.75, 3.05) is 20.1 Å². The minimum atomic E-state index is 0.909. The maximum absolute atomic E-state index is 5.61. The third-order valence-electron chi connectivity index (χ3n) is 3.82. The lowest BCUT2D eigenvalue weighted by molar-refractivity contribution is 0.278. The van der Waals surface area contributed by atoms with Crippen LogP contribution in [0.1, 0.15) is 38.0 Å². The van der Waals surface area contributed by atoms with Crippen LogP contribution in [0.3, 0.4) is 0 Å². The average molecular weight is 250 g/mol. The molecule has 0 saturated heterocycles. The zero-order valence-electron chi connectivity index (χ0n) is 11.9. The highest BCUT2D eigenvalue weighted by molar-refractivity contribution is 5.16. The van der Waals surface area contributed by atoms with E-state index in [-0.39, 0.29) is 0 Å². The van der Waals surface area contributed by atoms with Crippen LogP contribution in [-0.4, -0.2) is 25.0 Å². The Hall–Kier alpha value is -0.800. The summed E-state index contributed by atoms with van der Waals surface area (Å²) in [5.74, 6) is 2.95. The van der Waals surface area contributed by atoms with Gasteiger partial charge in [-0.1, -0.05) is 13.8 Å². The van der Waals surface area contributed by atoms with Crippen molar-refractivity contribution in [3.8, 4) is 0 Å². The third-order valence-corrected chi connectivity index (χ3v) is 3.82. The average Bonchev–Trinajstić information content (AvgIpc) is 2.85. The standard InChI is InChI=1S/C15H26N2O/c1-4-6-16-9-13-5-7-18-15(13)11-17(3)10-14-8-12(14)2/h5,7,12,14,16H,4,6,8-11H2,1-3H3. The van der Waals surface area contributed by atoms with Gasteiger partial charge in [-0.05, 0) is 44.3 Å². The number of nitrogens with one attached hydrogen (secondary N) is 1. The van der Waals surface area contributed by atoms with Crippen LogP contribution in [0.5, 0.6) is 0 Å². The van der Waals surface area contributed by atoms with Gasteiger partial charge in [-0.25, -0.2) is 0 Å². The maximum atomic E-state index is 5.61. The highest BCUT2D eigenvalue weighted by Gasteiger charge is 2.33. The smallest absolute Gasteiger partial charge is 0.122 e. The molecule has 2 rings (SSSR count). The molecular weight excluding hydrogens is 224 g/mol. The first-order valence-corrected chi connectivity index (χ1v) is 7.15. The third kappa shape index (κ3) is 3.85. The van der Waals surface area contributed by atoms with E-state index in [1.807, 2.05) is 6.26 Å². The van der Waals surface area contributed by atoms with Gasteiger partial charge in [0.2, 0.25) is 0 Å². The number of furan rings is 1. The van der Waals surface area contributed by atoms with Crippen LogP contribution in [0, 0.1) is 11.8 Å². The van der Waals surface area contributed by atoms with E-state index in [2.05, 4.69) is 37.2 Å².